The SMILES string of the molecule is CCOC(=O)[C@H](CCc1ccccc1)N[C@@H](C)C(=O)[N+](=Cc1cccnc1)CC(=O)OC(C)(C)C.Cl. The first-order valence-electron chi connectivity index (χ1n) is 11.8. The number of hydrogen-bond donors (Lipinski definition) is 1. The summed E-state index contributed by atoms with van der Waals surface area (Å²) in [5.74, 6) is -1.34. The Balaban J connectivity index is 0.00000648. The Kier molecular flexibility index (Phi) is 13.0. The third-order valence-corrected chi connectivity index (χ3v) is 4.95. The minimum absolute atomic E-state index is 0. The zero-order valence-electron chi connectivity index (χ0n) is 21.6. The summed E-state index contributed by atoms with van der Waals surface area (Å²) in [7, 11) is 0. The molecule has 0 bridgehead atoms. The number of hydrogen-bond acceptors (Lipinski definition) is 7. The van der Waals surface area contributed by atoms with E-state index < -0.39 is 29.6 Å². The van der Waals surface area contributed by atoms with Gasteiger partial charge in [0.05, 0.1) is 12.2 Å². The van der Waals surface area contributed by atoms with Crippen LogP contribution in [-0.4, -0.2) is 64.5 Å². The third kappa shape index (κ3) is 11.1. The van der Waals surface area contributed by atoms with Crippen molar-refractivity contribution in [1.29, 1.82) is 0 Å². The average molecular weight is 519 g/mol. The maximum absolute atomic E-state index is 13.4. The Hall–Kier alpha value is -3.10. The van der Waals surface area contributed by atoms with Crippen molar-refractivity contribution in [2.75, 3.05) is 13.2 Å². The van der Waals surface area contributed by atoms with Gasteiger partial charge in [0.1, 0.15) is 17.7 Å². The number of ether oxygens (including phenoxy) is 2. The number of amides is 1. The van der Waals surface area contributed by atoms with Crippen molar-refractivity contribution in [3.05, 3.63) is 66.0 Å². The summed E-state index contributed by atoms with van der Waals surface area (Å²) in [6, 6.07) is 11.9. The van der Waals surface area contributed by atoms with Crippen molar-refractivity contribution in [2.24, 2.45) is 0 Å². The molecule has 1 amide bonds. The summed E-state index contributed by atoms with van der Waals surface area (Å²) >= 11 is 0. The van der Waals surface area contributed by atoms with Gasteiger partial charge in [-0.1, -0.05) is 30.3 Å². The summed E-state index contributed by atoms with van der Waals surface area (Å²) in [4.78, 5) is 42.6. The molecular formula is C27H37ClN3O5+. The fourth-order valence-corrected chi connectivity index (χ4v) is 3.42. The van der Waals surface area contributed by atoms with Gasteiger partial charge in [0, 0.05) is 12.4 Å². The Labute approximate surface area is 219 Å². The van der Waals surface area contributed by atoms with Crippen molar-refractivity contribution >= 4 is 36.5 Å². The molecule has 2 rings (SSSR count). The lowest BCUT2D eigenvalue weighted by molar-refractivity contribution is -0.439. The molecule has 0 aliphatic heterocycles. The molecule has 1 aromatic heterocycles. The summed E-state index contributed by atoms with van der Waals surface area (Å²) in [5, 5.41) is 3.11. The van der Waals surface area contributed by atoms with Crippen molar-refractivity contribution in [2.45, 2.75) is 65.1 Å². The number of nitrogens with one attached hydrogen (secondary N) is 1. The van der Waals surface area contributed by atoms with E-state index in [4.69, 9.17) is 9.47 Å². The Morgan fingerprint density at radius 3 is 2.39 bits per heavy atom. The van der Waals surface area contributed by atoms with Gasteiger partial charge in [-0.25, -0.2) is 9.59 Å². The van der Waals surface area contributed by atoms with Gasteiger partial charge in [-0.05, 0) is 65.2 Å². The maximum Gasteiger partial charge on any atom is 0.404 e. The molecule has 0 fully saturated rings. The largest absolute Gasteiger partial charge is 0.465 e. The monoisotopic (exact) mass is 518 g/mol. The van der Waals surface area contributed by atoms with Crippen LogP contribution in [0.5, 0.6) is 0 Å². The normalized spacial score (nSPS) is 13.2. The molecule has 2 aromatic rings. The van der Waals surface area contributed by atoms with Gasteiger partial charge in [0.25, 0.3) is 0 Å². The molecule has 0 aliphatic carbocycles. The molecule has 0 radical (unpaired) electrons. The van der Waals surface area contributed by atoms with Crippen LogP contribution in [0.2, 0.25) is 0 Å². The number of esters is 2. The van der Waals surface area contributed by atoms with E-state index >= 15 is 0 Å². The van der Waals surface area contributed by atoms with Gasteiger partial charge in [-0.2, -0.15) is 4.58 Å². The predicted molar refractivity (Wildman–Crippen MR) is 140 cm³/mol. The Bertz CT molecular complexity index is 1010. The van der Waals surface area contributed by atoms with Crippen LogP contribution in [0.3, 0.4) is 0 Å². The standard InChI is InChI=1S/C27H36N3O5.ClH/c1-6-34-26(33)23(15-14-21-11-8-7-9-12-21)29-20(2)25(32)30(18-22-13-10-16-28-17-22)19-24(31)35-27(3,4)5;/h7-13,16-18,20,23,29H,6,14-15,19H2,1-5H3;1H/q+1;/t20-,23-;/m0./s1. The second kappa shape index (κ2) is 15.1. The third-order valence-electron chi connectivity index (χ3n) is 4.95. The second-order valence-corrected chi connectivity index (χ2v) is 9.19. The number of aromatic nitrogens is 1. The van der Waals surface area contributed by atoms with E-state index in [0.717, 1.165) is 5.56 Å². The average Bonchev–Trinajstić information content (AvgIpc) is 2.81. The zero-order chi connectivity index (χ0) is 25.8. The van der Waals surface area contributed by atoms with Gasteiger partial charge < -0.3 is 9.47 Å². The fourth-order valence-electron chi connectivity index (χ4n) is 3.42. The lowest BCUT2D eigenvalue weighted by Crippen LogP contribution is -2.50. The van der Waals surface area contributed by atoms with Crippen molar-refractivity contribution in [3.8, 4) is 0 Å². The van der Waals surface area contributed by atoms with Crippen LogP contribution in [0.15, 0.2) is 54.9 Å². The first-order chi connectivity index (χ1) is 16.6. The Morgan fingerprint density at radius 1 is 1.11 bits per heavy atom. The topological polar surface area (TPSA) is 97.6 Å². The molecule has 9 heteroatoms. The quantitative estimate of drug-likeness (QED) is 0.277. The zero-order valence-corrected chi connectivity index (χ0v) is 22.4. The van der Waals surface area contributed by atoms with E-state index in [0.29, 0.717) is 18.4 Å². The van der Waals surface area contributed by atoms with Gasteiger partial charge in [-0.15, -0.1) is 12.4 Å². The summed E-state index contributed by atoms with van der Waals surface area (Å²) in [6.07, 6.45) is 5.87. The van der Waals surface area contributed by atoms with E-state index in [-0.39, 0.29) is 31.5 Å². The van der Waals surface area contributed by atoms with E-state index in [1.54, 1.807) is 65.4 Å². The minimum atomic E-state index is -0.768. The highest BCUT2D eigenvalue weighted by Crippen LogP contribution is 2.09. The van der Waals surface area contributed by atoms with E-state index in [1.807, 2.05) is 30.3 Å². The molecular weight excluding hydrogens is 482 g/mol. The first kappa shape index (κ1) is 30.9. The van der Waals surface area contributed by atoms with Gasteiger partial charge in [-0.3, -0.25) is 15.1 Å². The highest BCUT2D eigenvalue weighted by Gasteiger charge is 2.33. The summed E-state index contributed by atoms with van der Waals surface area (Å²) in [6.45, 7) is 8.67. The molecule has 1 heterocycles. The van der Waals surface area contributed by atoms with Crippen molar-refractivity contribution < 1.29 is 28.4 Å². The number of carbonyl (C=O) groups is 3. The number of carbonyl (C=O) groups excluding carboxylic acids is 3. The van der Waals surface area contributed by atoms with Crippen LogP contribution in [0.1, 0.15) is 52.2 Å². The number of rotatable bonds is 11. The van der Waals surface area contributed by atoms with Crippen LogP contribution in [-0.2, 0) is 30.3 Å². The second-order valence-electron chi connectivity index (χ2n) is 9.19. The highest BCUT2D eigenvalue weighted by atomic mass is 35.5. The fraction of sp³-hybridized carbons (Fsp3) is 0.444. The summed E-state index contributed by atoms with van der Waals surface area (Å²) in [5.41, 5.74) is 1.05. The number of aryl methyl sites for hydroxylation is 1. The van der Waals surface area contributed by atoms with Crippen LogP contribution < -0.4 is 5.32 Å². The molecule has 36 heavy (non-hydrogen) atoms. The predicted octanol–water partition coefficient (Wildman–Crippen LogP) is 3.35. The van der Waals surface area contributed by atoms with Crippen LogP contribution in [0.25, 0.3) is 0 Å². The molecule has 1 N–H and O–H groups in total. The number of halogens is 1. The Morgan fingerprint density at radius 2 is 1.81 bits per heavy atom. The first-order valence-corrected chi connectivity index (χ1v) is 11.8. The molecule has 0 aliphatic rings. The highest BCUT2D eigenvalue weighted by molar-refractivity contribution is 5.86. The van der Waals surface area contributed by atoms with E-state index in [9.17, 15) is 14.4 Å². The number of nitrogens with zero attached hydrogens (tertiary/aromatic N) is 2. The van der Waals surface area contributed by atoms with Gasteiger partial charge in [0.2, 0.25) is 6.54 Å². The molecule has 0 saturated heterocycles. The molecule has 8 nitrogen and oxygen atoms in total. The lowest BCUT2D eigenvalue weighted by Gasteiger charge is -2.21. The number of benzene rings is 1. The smallest absolute Gasteiger partial charge is 0.404 e. The minimum Gasteiger partial charge on any atom is -0.465 e. The van der Waals surface area contributed by atoms with Gasteiger partial charge in [0.15, 0.2) is 6.21 Å². The van der Waals surface area contributed by atoms with Crippen molar-refractivity contribution in [3.63, 3.8) is 0 Å². The number of pyridine rings is 1. The van der Waals surface area contributed by atoms with Crippen molar-refractivity contribution in [1.82, 2.24) is 10.3 Å². The maximum atomic E-state index is 13.4. The summed E-state index contributed by atoms with van der Waals surface area (Å²) < 4.78 is 11.9. The van der Waals surface area contributed by atoms with Crippen LogP contribution >= 0.6 is 12.4 Å². The molecule has 2 atom stereocenters. The molecule has 196 valence electrons. The van der Waals surface area contributed by atoms with Crippen LogP contribution in [0.4, 0.5) is 0 Å². The molecule has 0 saturated carbocycles. The van der Waals surface area contributed by atoms with E-state index in [2.05, 4.69) is 10.3 Å². The molecule has 0 unspecified atom stereocenters. The van der Waals surface area contributed by atoms with E-state index in [1.165, 1.54) is 4.58 Å². The molecule has 0 spiro atoms. The molecule has 1 aromatic carbocycles. The lowest BCUT2D eigenvalue weighted by atomic mass is 10.0. The van der Waals surface area contributed by atoms with Crippen LogP contribution in [0, 0.1) is 0 Å². The van der Waals surface area contributed by atoms with Gasteiger partial charge >= 0.3 is 17.8 Å².